The molecule has 7 heteroatoms. The molecule has 2 N–H and O–H groups in total. The van der Waals surface area contributed by atoms with Crippen LogP contribution in [0, 0.1) is 0 Å². The number of carboxylic acids is 1. The van der Waals surface area contributed by atoms with Crippen molar-refractivity contribution in [3.8, 4) is 0 Å². The number of hydrogen-bond acceptors (Lipinski definition) is 4. The zero-order valence-corrected chi connectivity index (χ0v) is 10.5. The number of ether oxygens (including phenoxy) is 1. The second-order valence-corrected chi connectivity index (χ2v) is 4.84. The molecule has 0 aromatic rings. The molecule has 0 aromatic carbocycles. The molecule has 0 aromatic heterocycles. The summed E-state index contributed by atoms with van der Waals surface area (Å²) in [6.45, 7) is 2.65. The summed E-state index contributed by atoms with van der Waals surface area (Å²) < 4.78 is 5.08. The first-order chi connectivity index (χ1) is 8.56. The minimum absolute atomic E-state index is 0.115. The van der Waals surface area contributed by atoms with Gasteiger partial charge in [-0.3, -0.25) is 0 Å². The normalized spacial score (nSPS) is 29.3. The molecule has 18 heavy (non-hydrogen) atoms. The van der Waals surface area contributed by atoms with E-state index in [1.54, 1.807) is 0 Å². The van der Waals surface area contributed by atoms with Gasteiger partial charge in [0.25, 0.3) is 0 Å². The van der Waals surface area contributed by atoms with Gasteiger partial charge in [-0.25, -0.2) is 9.59 Å². The summed E-state index contributed by atoms with van der Waals surface area (Å²) >= 11 is 0. The van der Waals surface area contributed by atoms with Gasteiger partial charge in [0.1, 0.15) is 0 Å². The van der Waals surface area contributed by atoms with Crippen LogP contribution in [-0.2, 0) is 9.53 Å². The number of morpholine rings is 1. The topological polar surface area (TPSA) is 82.1 Å². The Morgan fingerprint density at radius 3 is 2.72 bits per heavy atom. The third-order valence-electron chi connectivity index (χ3n) is 3.35. The SMILES string of the molecule is CN1CCC(NC(=O)N2CCOC(C(=O)O)C2)C1. The van der Waals surface area contributed by atoms with Gasteiger partial charge in [0.2, 0.25) is 0 Å². The number of carbonyl (C=O) groups is 2. The number of likely N-dealkylation sites (tertiary alicyclic amines) is 1. The van der Waals surface area contributed by atoms with Gasteiger partial charge in [-0.1, -0.05) is 0 Å². The summed E-state index contributed by atoms with van der Waals surface area (Å²) in [5.74, 6) is -1.02. The van der Waals surface area contributed by atoms with Crippen molar-refractivity contribution in [1.82, 2.24) is 15.1 Å². The Bertz CT molecular complexity index is 336. The molecule has 0 spiro atoms. The van der Waals surface area contributed by atoms with E-state index in [-0.39, 0.29) is 25.2 Å². The van der Waals surface area contributed by atoms with Crippen LogP contribution in [0.4, 0.5) is 4.79 Å². The molecular weight excluding hydrogens is 238 g/mol. The van der Waals surface area contributed by atoms with Crippen LogP contribution < -0.4 is 5.32 Å². The Hall–Kier alpha value is -1.34. The monoisotopic (exact) mass is 257 g/mol. The van der Waals surface area contributed by atoms with Crippen LogP contribution in [-0.4, -0.2) is 78.9 Å². The standard InChI is InChI=1S/C11H19N3O4/c1-13-3-2-8(6-13)12-11(17)14-4-5-18-9(7-14)10(15)16/h8-9H,2-7H2,1H3,(H,12,17)(H,15,16). The van der Waals surface area contributed by atoms with Crippen molar-refractivity contribution in [2.45, 2.75) is 18.6 Å². The van der Waals surface area contributed by atoms with E-state index >= 15 is 0 Å². The number of hydrogen-bond donors (Lipinski definition) is 2. The van der Waals surface area contributed by atoms with E-state index in [4.69, 9.17) is 9.84 Å². The van der Waals surface area contributed by atoms with Crippen molar-refractivity contribution in [3.05, 3.63) is 0 Å². The number of nitrogens with one attached hydrogen (secondary N) is 1. The highest BCUT2D eigenvalue weighted by Crippen LogP contribution is 2.09. The Morgan fingerprint density at radius 1 is 1.33 bits per heavy atom. The van der Waals surface area contributed by atoms with E-state index < -0.39 is 12.1 Å². The zero-order valence-electron chi connectivity index (χ0n) is 10.5. The van der Waals surface area contributed by atoms with Gasteiger partial charge in [-0.2, -0.15) is 0 Å². The molecule has 2 saturated heterocycles. The van der Waals surface area contributed by atoms with Crippen LogP contribution in [0.5, 0.6) is 0 Å². The number of aliphatic carboxylic acids is 1. The first-order valence-electron chi connectivity index (χ1n) is 6.14. The van der Waals surface area contributed by atoms with E-state index in [1.807, 2.05) is 7.05 Å². The second-order valence-electron chi connectivity index (χ2n) is 4.84. The summed E-state index contributed by atoms with van der Waals surface area (Å²) in [5.41, 5.74) is 0. The molecule has 2 fully saturated rings. The van der Waals surface area contributed by atoms with E-state index in [1.165, 1.54) is 4.90 Å². The van der Waals surface area contributed by atoms with Gasteiger partial charge < -0.3 is 25.0 Å². The molecule has 2 aliphatic rings. The van der Waals surface area contributed by atoms with Gasteiger partial charge in [0.05, 0.1) is 13.2 Å². The summed E-state index contributed by atoms with van der Waals surface area (Å²) in [5, 5.41) is 11.8. The smallest absolute Gasteiger partial charge is 0.334 e. The fraction of sp³-hybridized carbons (Fsp3) is 0.818. The van der Waals surface area contributed by atoms with Crippen LogP contribution in [0.15, 0.2) is 0 Å². The molecule has 2 atom stereocenters. The van der Waals surface area contributed by atoms with Crippen molar-refractivity contribution in [2.75, 3.05) is 39.8 Å². The second kappa shape index (κ2) is 5.53. The summed E-state index contributed by atoms with van der Waals surface area (Å²) in [7, 11) is 2.02. The lowest BCUT2D eigenvalue weighted by Crippen LogP contribution is -2.53. The molecule has 0 aliphatic carbocycles. The number of amides is 2. The highest BCUT2D eigenvalue weighted by molar-refractivity contribution is 5.77. The van der Waals surface area contributed by atoms with Gasteiger partial charge in [0.15, 0.2) is 6.10 Å². The first kappa shape index (κ1) is 13.1. The van der Waals surface area contributed by atoms with Crippen LogP contribution in [0.3, 0.4) is 0 Å². The van der Waals surface area contributed by atoms with E-state index in [0.717, 1.165) is 19.5 Å². The average molecular weight is 257 g/mol. The maximum atomic E-state index is 12.0. The maximum Gasteiger partial charge on any atom is 0.334 e. The highest BCUT2D eigenvalue weighted by atomic mass is 16.5. The lowest BCUT2D eigenvalue weighted by atomic mass is 10.2. The van der Waals surface area contributed by atoms with Crippen molar-refractivity contribution in [1.29, 1.82) is 0 Å². The molecular formula is C11H19N3O4. The van der Waals surface area contributed by atoms with Gasteiger partial charge in [0, 0.05) is 19.1 Å². The lowest BCUT2D eigenvalue weighted by Gasteiger charge is -2.31. The largest absolute Gasteiger partial charge is 0.479 e. The molecule has 7 nitrogen and oxygen atoms in total. The van der Waals surface area contributed by atoms with Gasteiger partial charge >= 0.3 is 12.0 Å². The Kier molecular flexibility index (Phi) is 4.03. The van der Waals surface area contributed by atoms with Crippen LogP contribution in [0.2, 0.25) is 0 Å². The molecule has 2 rings (SSSR count). The Balaban J connectivity index is 1.83. The highest BCUT2D eigenvalue weighted by Gasteiger charge is 2.30. The van der Waals surface area contributed by atoms with Crippen molar-refractivity contribution < 1.29 is 19.4 Å². The number of carbonyl (C=O) groups excluding carboxylic acids is 1. The minimum Gasteiger partial charge on any atom is -0.479 e. The lowest BCUT2D eigenvalue weighted by molar-refractivity contribution is -0.154. The van der Waals surface area contributed by atoms with Crippen LogP contribution in [0.25, 0.3) is 0 Å². The minimum atomic E-state index is -1.02. The molecule has 2 unspecified atom stereocenters. The molecule has 2 heterocycles. The number of carboxylic acid groups (broad SMARTS) is 1. The zero-order chi connectivity index (χ0) is 13.1. The quantitative estimate of drug-likeness (QED) is 0.676. The number of nitrogens with zero attached hydrogens (tertiary/aromatic N) is 2. The summed E-state index contributed by atoms with van der Waals surface area (Å²) in [4.78, 5) is 26.5. The Labute approximate surface area is 106 Å². The number of rotatable bonds is 2. The average Bonchev–Trinajstić information content (AvgIpc) is 2.75. The number of urea groups is 1. The first-order valence-corrected chi connectivity index (χ1v) is 6.14. The van der Waals surface area contributed by atoms with Crippen LogP contribution >= 0.6 is 0 Å². The molecule has 102 valence electrons. The van der Waals surface area contributed by atoms with Crippen molar-refractivity contribution in [2.24, 2.45) is 0 Å². The van der Waals surface area contributed by atoms with Crippen LogP contribution in [0.1, 0.15) is 6.42 Å². The van der Waals surface area contributed by atoms with E-state index in [2.05, 4.69) is 10.2 Å². The van der Waals surface area contributed by atoms with Crippen molar-refractivity contribution >= 4 is 12.0 Å². The van der Waals surface area contributed by atoms with E-state index in [0.29, 0.717) is 6.54 Å². The maximum absolute atomic E-state index is 12.0. The van der Waals surface area contributed by atoms with Gasteiger partial charge in [-0.15, -0.1) is 0 Å². The van der Waals surface area contributed by atoms with Crippen molar-refractivity contribution in [3.63, 3.8) is 0 Å². The third-order valence-corrected chi connectivity index (χ3v) is 3.35. The van der Waals surface area contributed by atoms with Gasteiger partial charge in [-0.05, 0) is 20.0 Å². The Morgan fingerprint density at radius 2 is 2.11 bits per heavy atom. The predicted molar refractivity (Wildman–Crippen MR) is 63.4 cm³/mol. The summed E-state index contributed by atoms with van der Waals surface area (Å²) in [6, 6.07) is -0.0292. The fourth-order valence-electron chi connectivity index (χ4n) is 2.30. The molecule has 2 aliphatic heterocycles. The summed E-state index contributed by atoms with van der Waals surface area (Å²) in [6.07, 6.45) is 0.0327. The third kappa shape index (κ3) is 3.11. The number of likely N-dealkylation sites (N-methyl/N-ethyl adjacent to an activating group) is 1. The molecule has 2 amide bonds. The fourth-order valence-corrected chi connectivity index (χ4v) is 2.30. The molecule has 0 radical (unpaired) electrons. The molecule has 0 bridgehead atoms. The predicted octanol–water partition coefficient (Wildman–Crippen LogP) is -0.814. The van der Waals surface area contributed by atoms with E-state index in [9.17, 15) is 9.59 Å². The molecule has 0 saturated carbocycles.